The fourth-order valence-corrected chi connectivity index (χ4v) is 2.41. The molecule has 0 spiro atoms. The number of benzene rings is 1. The van der Waals surface area contributed by atoms with E-state index < -0.39 is 0 Å². The quantitative estimate of drug-likeness (QED) is 0.837. The van der Waals surface area contributed by atoms with Crippen LogP contribution in [0.15, 0.2) is 12.1 Å². The average molecular weight is 244 g/mol. The number of carbonyl (C=O) groups is 1. The number of amides is 1. The molecule has 2 N–H and O–H groups in total. The van der Waals surface area contributed by atoms with E-state index in [0.29, 0.717) is 0 Å². The third-order valence-corrected chi connectivity index (χ3v) is 3.08. The van der Waals surface area contributed by atoms with Crippen LogP contribution in [0.5, 0.6) is 0 Å². The van der Waals surface area contributed by atoms with Crippen LogP contribution in [-0.2, 0) is 0 Å². The molecule has 2 rings (SSSR count). The minimum absolute atomic E-state index is 0.00116. The molecule has 3 heteroatoms. The van der Waals surface area contributed by atoms with Crippen LogP contribution >= 0.6 is 0 Å². The Bertz CT molecular complexity index is 608. The fourth-order valence-electron chi connectivity index (χ4n) is 2.41. The molecule has 1 aromatic heterocycles. The second-order valence-corrected chi connectivity index (χ2v) is 5.26. The smallest absolute Gasteiger partial charge is 0.253 e. The summed E-state index contributed by atoms with van der Waals surface area (Å²) in [6.07, 6.45) is 0. The molecule has 18 heavy (non-hydrogen) atoms. The maximum Gasteiger partial charge on any atom is 0.253 e. The van der Waals surface area contributed by atoms with E-state index in [-0.39, 0.29) is 11.9 Å². The molecule has 1 heterocycles. The predicted molar refractivity (Wildman–Crippen MR) is 75.1 cm³/mol. The molecule has 3 nitrogen and oxygen atoms in total. The van der Waals surface area contributed by atoms with Crippen molar-refractivity contribution in [3.63, 3.8) is 0 Å². The molecule has 0 aliphatic heterocycles. The first-order chi connectivity index (χ1) is 8.40. The second-order valence-electron chi connectivity index (χ2n) is 5.26. The van der Waals surface area contributed by atoms with Gasteiger partial charge in [0.05, 0.1) is 5.56 Å². The number of hydrogen-bond donors (Lipinski definition) is 2. The van der Waals surface area contributed by atoms with Crippen LogP contribution in [0.25, 0.3) is 10.9 Å². The van der Waals surface area contributed by atoms with Crippen LogP contribution in [0.1, 0.15) is 41.0 Å². The van der Waals surface area contributed by atoms with Gasteiger partial charge in [-0.15, -0.1) is 0 Å². The van der Waals surface area contributed by atoms with Crippen LogP contribution < -0.4 is 5.32 Å². The van der Waals surface area contributed by atoms with Crippen molar-refractivity contribution in [2.24, 2.45) is 0 Å². The van der Waals surface area contributed by atoms with E-state index in [0.717, 1.165) is 22.2 Å². The molecular weight excluding hydrogens is 224 g/mol. The molecule has 0 atom stereocenters. The van der Waals surface area contributed by atoms with Gasteiger partial charge in [0.15, 0.2) is 0 Å². The van der Waals surface area contributed by atoms with E-state index in [4.69, 9.17) is 0 Å². The fraction of sp³-hybridized carbons (Fsp3) is 0.400. The third kappa shape index (κ3) is 2.13. The van der Waals surface area contributed by atoms with E-state index in [2.05, 4.69) is 36.3 Å². The lowest BCUT2D eigenvalue weighted by Crippen LogP contribution is -2.30. The van der Waals surface area contributed by atoms with Gasteiger partial charge in [0, 0.05) is 22.6 Å². The highest BCUT2D eigenvalue weighted by molar-refractivity contribution is 6.09. The van der Waals surface area contributed by atoms with Crippen LogP contribution in [0.4, 0.5) is 0 Å². The number of aromatic amines is 1. The highest BCUT2D eigenvalue weighted by Gasteiger charge is 2.17. The Morgan fingerprint density at radius 3 is 2.50 bits per heavy atom. The van der Waals surface area contributed by atoms with Crippen LogP contribution in [0, 0.1) is 20.8 Å². The number of aryl methyl sites for hydroxylation is 3. The minimum Gasteiger partial charge on any atom is -0.358 e. The maximum atomic E-state index is 12.2. The van der Waals surface area contributed by atoms with Gasteiger partial charge in [0.2, 0.25) is 0 Å². The number of carbonyl (C=O) groups excluding carboxylic acids is 1. The molecule has 0 aliphatic rings. The zero-order valence-electron chi connectivity index (χ0n) is 11.6. The van der Waals surface area contributed by atoms with Crippen molar-refractivity contribution in [2.75, 3.05) is 0 Å². The molecule has 0 bridgehead atoms. The Labute approximate surface area is 108 Å². The monoisotopic (exact) mass is 244 g/mol. The third-order valence-electron chi connectivity index (χ3n) is 3.08. The molecule has 0 saturated carbocycles. The second kappa shape index (κ2) is 4.48. The summed E-state index contributed by atoms with van der Waals surface area (Å²) in [5, 5.41) is 3.97. The molecule has 1 amide bonds. The van der Waals surface area contributed by atoms with Crippen molar-refractivity contribution in [2.45, 2.75) is 40.7 Å². The van der Waals surface area contributed by atoms with Crippen molar-refractivity contribution >= 4 is 16.8 Å². The number of rotatable bonds is 2. The summed E-state index contributed by atoms with van der Waals surface area (Å²) >= 11 is 0. The predicted octanol–water partition coefficient (Wildman–Crippen LogP) is 3.23. The summed E-state index contributed by atoms with van der Waals surface area (Å²) in [5.41, 5.74) is 5.11. The number of aromatic nitrogens is 1. The van der Waals surface area contributed by atoms with Gasteiger partial charge in [-0.25, -0.2) is 0 Å². The Hall–Kier alpha value is -1.77. The molecule has 0 radical (unpaired) electrons. The molecule has 96 valence electrons. The van der Waals surface area contributed by atoms with Crippen LogP contribution in [0.3, 0.4) is 0 Å². The van der Waals surface area contributed by atoms with Crippen molar-refractivity contribution in [1.29, 1.82) is 0 Å². The van der Waals surface area contributed by atoms with E-state index >= 15 is 0 Å². The summed E-state index contributed by atoms with van der Waals surface area (Å²) in [4.78, 5) is 15.6. The van der Waals surface area contributed by atoms with Crippen molar-refractivity contribution in [3.05, 3.63) is 34.5 Å². The van der Waals surface area contributed by atoms with E-state index in [1.807, 2.05) is 20.8 Å². The highest BCUT2D eigenvalue weighted by atomic mass is 16.1. The van der Waals surface area contributed by atoms with Crippen molar-refractivity contribution in [3.8, 4) is 0 Å². The largest absolute Gasteiger partial charge is 0.358 e. The Kier molecular flexibility index (Phi) is 3.16. The number of hydrogen-bond acceptors (Lipinski definition) is 1. The molecule has 0 unspecified atom stereocenters. The Morgan fingerprint density at radius 1 is 1.22 bits per heavy atom. The van der Waals surface area contributed by atoms with Gasteiger partial charge >= 0.3 is 0 Å². The molecule has 0 fully saturated rings. The zero-order chi connectivity index (χ0) is 13.4. The zero-order valence-corrected chi connectivity index (χ0v) is 11.6. The summed E-state index contributed by atoms with van der Waals surface area (Å²) in [7, 11) is 0. The van der Waals surface area contributed by atoms with Crippen LogP contribution in [-0.4, -0.2) is 16.9 Å². The minimum atomic E-state index is -0.00116. The highest BCUT2D eigenvalue weighted by Crippen LogP contribution is 2.26. The van der Waals surface area contributed by atoms with E-state index in [1.54, 1.807) is 0 Å². The lowest BCUT2D eigenvalue weighted by Gasteiger charge is -2.08. The standard InChI is InChI=1S/C15H20N2O/c1-8(2)16-15(18)13-11(5)17-14-10(4)6-9(3)7-12(13)14/h6-8,17H,1-5H3,(H,16,18). The van der Waals surface area contributed by atoms with E-state index in [1.165, 1.54) is 11.1 Å². The van der Waals surface area contributed by atoms with Gasteiger partial charge < -0.3 is 10.3 Å². The first-order valence-electron chi connectivity index (χ1n) is 6.30. The average Bonchev–Trinajstić information content (AvgIpc) is 2.53. The van der Waals surface area contributed by atoms with Gasteiger partial charge in [-0.3, -0.25) is 4.79 Å². The molecular formula is C15H20N2O. The summed E-state index contributed by atoms with van der Waals surface area (Å²) in [6, 6.07) is 4.34. The lowest BCUT2D eigenvalue weighted by atomic mass is 10.0. The summed E-state index contributed by atoms with van der Waals surface area (Å²) in [5.74, 6) is -0.00116. The van der Waals surface area contributed by atoms with Gasteiger partial charge in [-0.1, -0.05) is 11.6 Å². The van der Waals surface area contributed by atoms with E-state index in [9.17, 15) is 4.79 Å². The van der Waals surface area contributed by atoms with Crippen LogP contribution in [0.2, 0.25) is 0 Å². The normalized spacial score (nSPS) is 11.2. The SMILES string of the molecule is Cc1cc(C)c2[nH]c(C)c(C(=O)NC(C)C)c2c1. The van der Waals surface area contributed by atoms with Gasteiger partial charge in [0.25, 0.3) is 5.91 Å². The first-order valence-corrected chi connectivity index (χ1v) is 6.30. The van der Waals surface area contributed by atoms with Crippen molar-refractivity contribution in [1.82, 2.24) is 10.3 Å². The Balaban J connectivity index is 2.63. The molecule has 0 aliphatic carbocycles. The van der Waals surface area contributed by atoms with Gasteiger partial charge in [0.1, 0.15) is 0 Å². The first kappa shape index (κ1) is 12.7. The topological polar surface area (TPSA) is 44.9 Å². The summed E-state index contributed by atoms with van der Waals surface area (Å²) in [6.45, 7) is 10.0. The number of fused-ring (bicyclic) bond motifs is 1. The number of H-pyrrole nitrogens is 1. The lowest BCUT2D eigenvalue weighted by molar-refractivity contribution is 0.0944. The molecule has 2 aromatic rings. The van der Waals surface area contributed by atoms with Gasteiger partial charge in [-0.2, -0.15) is 0 Å². The van der Waals surface area contributed by atoms with Crippen molar-refractivity contribution < 1.29 is 4.79 Å². The number of nitrogens with one attached hydrogen (secondary N) is 2. The molecule has 0 saturated heterocycles. The summed E-state index contributed by atoms with van der Waals surface area (Å²) < 4.78 is 0. The van der Waals surface area contributed by atoms with Gasteiger partial charge in [-0.05, 0) is 46.2 Å². The Morgan fingerprint density at radius 2 is 1.89 bits per heavy atom. The molecule has 1 aromatic carbocycles. The maximum absolute atomic E-state index is 12.2.